The highest BCUT2D eigenvalue weighted by atomic mass is 16.2. The minimum atomic E-state index is -0.107. The Morgan fingerprint density at radius 3 is 2.60 bits per heavy atom. The first-order valence-electron chi connectivity index (χ1n) is 5.21. The van der Waals surface area contributed by atoms with Crippen molar-refractivity contribution < 1.29 is 9.59 Å². The van der Waals surface area contributed by atoms with E-state index in [2.05, 4.69) is 0 Å². The van der Waals surface area contributed by atoms with Gasteiger partial charge in [-0.2, -0.15) is 0 Å². The Morgan fingerprint density at radius 1 is 1.13 bits per heavy atom. The zero-order valence-electron chi connectivity index (χ0n) is 8.27. The molecule has 15 heavy (non-hydrogen) atoms. The smallest absolute Gasteiger partial charge is 0.261 e. The second-order valence-electron chi connectivity index (χ2n) is 4.13. The predicted molar refractivity (Wildman–Crippen MR) is 54.3 cm³/mol. The molecule has 0 spiro atoms. The normalized spacial score (nSPS) is 20.4. The van der Waals surface area contributed by atoms with Gasteiger partial charge in [-0.25, -0.2) is 0 Å². The Hall–Kier alpha value is -1.64. The van der Waals surface area contributed by atoms with Gasteiger partial charge in [-0.05, 0) is 24.5 Å². The number of benzene rings is 1. The van der Waals surface area contributed by atoms with Crippen LogP contribution in [-0.2, 0) is 11.2 Å². The van der Waals surface area contributed by atoms with Crippen LogP contribution >= 0.6 is 0 Å². The zero-order valence-corrected chi connectivity index (χ0v) is 8.27. The van der Waals surface area contributed by atoms with Crippen molar-refractivity contribution in [3.8, 4) is 0 Å². The molecule has 0 atom stereocenters. The van der Waals surface area contributed by atoms with E-state index in [0.717, 1.165) is 18.4 Å². The summed E-state index contributed by atoms with van der Waals surface area (Å²) in [4.78, 5) is 25.2. The monoisotopic (exact) mass is 201 g/mol. The lowest BCUT2D eigenvalue weighted by molar-refractivity contribution is -0.128. The maximum atomic E-state index is 12.0. The van der Waals surface area contributed by atoms with Crippen LogP contribution in [-0.4, -0.2) is 22.8 Å². The van der Waals surface area contributed by atoms with E-state index in [-0.39, 0.29) is 17.9 Å². The molecule has 0 N–H and O–H groups in total. The van der Waals surface area contributed by atoms with Crippen molar-refractivity contribution in [2.75, 3.05) is 0 Å². The van der Waals surface area contributed by atoms with Crippen molar-refractivity contribution in [3.05, 3.63) is 35.4 Å². The molecule has 2 amide bonds. The van der Waals surface area contributed by atoms with E-state index in [9.17, 15) is 9.59 Å². The number of imide groups is 1. The van der Waals surface area contributed by atoms with Crippen LogP contribution in [0, 0.1) is 0 Å². The van der Waals surface area contributed by atoms with E-state index >= 15 is 0 Å². The Bertz CT molecular complexity index is 449. The molecular weight excluding hydrogens is 190 g/mol. The van der Waals surface area contributed by atoms with E-state index in [1.54, 1.807) is 6.07 Å². The molecule has 1 aliphatic carbocycles. The minimum absolute atomic E-state index is 0.0406. The number of amides is 2. The van der Waals surface area contributed by atoms with Crippen molar-refractivity contribution >= 4 is 11.8 Å². The van der Waals surface area contributed by atoms with Gasteiger partial charge in [0.1, 0.15) is 0 Å². The number of hydrogen-bond donors (Lipinski definition) is 0. The van der Waals surface area contributed by atoms with Crippen LogP contribution in [0.15, 0.2) is 24.3 Å². The number of fused-ring (bicyclic) bond motifs is 1. The molecule has 2 aliphatic rings. The van der Waals surface area contributed by atoms with Gasteiger partial charge in [0.25, 0.3) is 5.91 Å². The molecule has 1 aromatic rings. The summed E-state index contributed by atoms with van der Waals surface area (Å²) in [5, 5.41) is 0. The number of carbonyl (C=O) groups is 2. The maximum Gasteiger partial charge on any atom is 0.261 e. The minimum Gasteiger partial charge on any atom is -0.275 e. The first-order chi connectivity index (χ1) is 7.27. The fourth-order valence-electron chi connectivity index (χ4n) is 2.08. The standard InChI is InChI=1S/C12H11NO2/c14-11-7-8-3-1-2-4-10(8)12(15)13(11)9-5-6-9/h1-4,9H,5-7H2. The van der Waals surface area contributed by atoms with E-state index in [0.29, 0.717) is 12.0 Å². The van der Waals surface area contributed by atoms with Crippen molar-refractivity contribution in [1.29, 1.82) is 0 Å². The summed E-state index contributed by atoms with van der Waals surface area (Å²) < 4.78 is 0. The van der Waals surface area contributed by atoms with Crippen LogP contribution in [0.5, 0.6) is 0 Å². The van der Waals surface area contributed by atoms with E-state index in [1.165, 1.54) is 4.90 Å². The number of carbonyl (C=O) groups excluding carboxylic acids is 2. The lowest BCUT2D eigenvalue weighted by Crippen LogP contribution is -2.43. The van der Waals surface area contributed by atoms with Crippen molar-refractivity contribution in [2.45, 2.75) is 25.3 Å². The summed E-state index contributed by atoms with van der Waals surface area (Å²) in [5.74, 6) is -0.148. The van der Waals surface area contributed by atoms with Gasteiger partial charge >= 0.3 is 0 Å². The van der Waals surface area contributed by atoms with Crippen LogP contribution in [0.1, 0.15) is 28.8 Å². The van der Waals surface area contributed by atoms with Gasteiger partial charge in [0.2, 0.25) is 5.91 Å². The van der Waals surface area contributed by atoms with Crippen molar-refractivity contribution in [3.63, 3.8) is 0 Å². The third kappa shape index (κ3) is 1.27. The molecule has 1 aromatic carbocycles. The first-order valence-corrected chi connectivity index (χ1v) is 5.21. The number of hydrogen-bond acceptors (Lipinski definition) is 2. The Balaban J connectivity index is 2.06. The largest absolute Gasteiger partial charge is 0.275 e. The highest BCUT2D eigenvalue weighted by molar-refractivity contribution is 6.10. The summed E-state index contributed by atoms with van der Waals surface area (Å²) in [6, 6.07) is 7.55. The molecule has 1 fully saturated rings. The Morgan fingerprint density at radius 2 is 1.87 bits per heavy atom. The van der Waals surface area contributed by atoms with Crippen LogP contribution < -0.4 is 0 Å². The lowest BCUT2D eigenvalue weighted by Gasteiger charge is -2.26. The van der Waals surface area contributed by atoms with E-state index < -0.39 is 0 Å². The molecule has 3 nitrogen and oxygen atoms in total. The maximum absolute atomic E-state index is 12.0. The molecule has 0 aromatic heterocycles. The highest BCUT2D eigenvalue weighted by Gasteiger charge is 2.40. The summed E-state index contributed by atoms with van der Waals surface area (Å²) in [6.07, 6.45) is 2.32. The lowest BCUT2D eigenvalue weighted by atomic mass is 9.98. The SMILES string of the molecule is O=C1Cc2ccccc2C(=O)N1C1CC1. The van der Waals surface area contributed by atoms with E-state index in [1.807, 2.05) is 18.2 Å². The second-order valence-corrected chi connectivity index (χ2v) is 4.13. The van der Waals surface area contributed by atoms with Crippen LogP contribution in [0.4, 0.5) is 0 Å². The number of rotatable bonds is 1. The van der Waals surface area contributed by atoms with Crippen LogP contribution in [0.3, 0.4) is 0 Å². The van der Waals surface area contributed by atoms with E-state index in [4.69, 9.17) is 0 Å². The fourth-order valence-corrected chi connectivity index (χ4v) is 2.08. The summed E-state index contributed by atoms with van der Waals surface area (Å²) >= 11 is 0. The quantitative estimate of drug-likeness (QED) is 0.643. The molecule has 1 heterocycles. The molecular formula is C12H11NO2. The summed E-state index contributed by atoms with van der Waals surface area (Å²) in [6.45, 7) is 0. The van der Waals surface area contributed by atoms with Crippen LogP contribution in [0.25, 0.3) is 0 Å². The topological polar surface area (TPSA) is 37.4 Å². The van der Waals surface area contributed by atoms with Gasteiger partial charge < -0.3 is 0 Å². The first kappa shape index (κ1) is 8.65. The molecule has 1 saturated carbocycles. The summed E-state index contributed by atoms with van der Waals surface area (Å²) in [5.41, 5.74) is 1.56. The zero-order chi connectivity index (χ0) is 10.4. The Kier molecular flexibility index (Phi) is 1.69. The molecule has 76 valence electrons. The Labute approximate surface area is 87.7 Å². The fraction of sp³-hybridized carbons (Fsp3) is 0.333. The van der Waals surface area contributed by atoms with Crippen molar-refractivity contribution in [2.24, 2.45) is 0 Å². The molecule has 3 heteroatoms. The molecule has 0 saturated heterocycles. The second kappa shape index (κ2) is 2.92. The van der Waals surface area contributed by atoms with Gasteiger partial charge in [-0.1, -0.05) is 18.2 Å². The van der Waals surface area contributed by atoms with Gasteiger partial charge in [-0.15, -0.1) is 0 Å². The van der Waals surface area contributed by atoms with Crippen molar-refractivity contribution in [1.82, 2.24) is 4.90 Å². The van der Waals surface area contributed by atoms with Crippen LogP contribution in [0.2, 0.25) is 0 Å². The number of nitrogens with zero attached hydrogens (tertiary/aromatic N) is 1. The molecule has 3 rings (SSSR count). The average Bonchev–Trinajstić information content (AvgIpc) is 3.02. The highest BCUT2D eigenvalue weighted by Crippen LogP contribution is 2.32. The summed E-state index contributed by atoms with van der Waals surface area (Å²) in [7, 11) is 0. The predicted octanol–water partition coefficient (Wildman–Crippen LogP) is 1.37. The van der Waals surface area contributed by atoms with Gasteiger partial charge in [0.05, 0.1) is 6.42 Å². The third-order valence-electron chi connectivity index (χ3n) is 2.99. The molecule has 0 bridgehead atoms. The average molecular weight is 201 g/mol. The molecule has 0 radical (unpaired) electrons. The third-order valence-corrected chi connectivity index (χ3v) is 2.99. The molecule has 0 unspecified atom stereocenters. The molecule has 1 aliphatic heterocycles. The van der Waals surface area contributed by atoms with Gasteiger partial charge in [0, 0.05) is 11.6 Å². The van der Waals surface area contributed by atoms with Gasteiger partial charge in [-0.3, -0.25) is 14.5 Å². The van der Waals surface area contributed by atoms with Gasteiger partial charge in [0.15, 0.2) is 0 Å².